The highest BCUT2D eigenvalue weighted by atomic mass is 16.5. The fraction of sp³-hybridized carbons (Fsp3) is 0.364. The molecule has 28 heavy (non-hydrogen) atoms. The Bertz CT molecular complexity index is 788. The molecule has 0 aliphatic heterocycles. The van der Waals surface area contributed by atoms with E-state index in [4.69, 9.17) is 4.74 Å². The molecule has 0 aromatic heterocycles. The smallest absolute Gasteiger partial charge is 0.251 e. The molecule has 0 saturated heterocycles. The number of benzene rings is 2. The minimum Gasteiger partial charge on any atom is -0.497 e. The maximum atomic E-state index is 12.8. The van der Waals surface area contributed by atoms with Gasteiger partial charge in [-0.25, -0.2) is 0 Å². The molecule has 0 fully saturated rings. The van der Waals surface area contributed by atoms with E-state index in [2.05, 4.69) is 16.0 Å². The molecule has 2 aromatic rings. The van der Waals surface area contributed by atoms with Crippen LogP contribution in [0.3, 0.4) is 0 Å². The second kappa shape index (κ2) is 10.5. The lowest BCUT2D eigenvalue weighted by Crippen LogP contribution is -2.47. The van der Waals surface area contributed by atoms with Crippen LogP contribution in [0.5, 0.6) is 5.75 Å². The van der Waals surface area contributed by atoms with Gasteiger partial charge >= 0.3 is 0 Å². The lowest BCUT2D eigenvalue weighted by Gasteiger charge is -2.22. The van der Waals surface area contributed by atoms with Gasteiger partial charge in [0, 0.05) is 17.8 Å². The molecule has 6 heteroatoms. The molecule has 0 heterocycles. The van der Waals surface area contributed by atoms with Crippen LogP contribution in [0, 0.1) is 5.92 Å². The quantitative estimate of drug-likeness (QED) is 0.621. The lowest BCUT2D eigenvalue weighted by atomic mass is 10.0. The SMILES string of the molecule is CCNCc1cccc(NC(=O)C(NC(=O)c2ccc(OC)cc2)C(C)C)c1. The monoisotopic (exact) mass is 383 g/mol. The van der Waals surface area contributed by atoms with E-state index in [0.717, 1.165) is 18.7 Å². The molecule has 0 saturated carbocycles. The van der Waals surface area contributed by atoms with Gasteiger partial charge in [0.25, 0.3) is 5.91 Å². The van der Waals surface area contributed by atoms with E-state index in [1.54, 1.807) is 31.4 Å². The zero-order valence-corrected chi connectivity index (χ0v) is 16.9. The van der Waals surface area contributed by atoms with Crippen LogP contribution in [0.4, 0.5) is 5.69 Å². The highest BCUT2D eigenvalue weighted by Crippen LogP contribution is 2.14. The Hall–Kier alpha value is -2.86. The predicted molar refractivity (Wildman–Crippen MR) is 112 cm³/mol. The van der Waals surface area contributed by atoms with Gasteiger partial charge in [-0.2, -0.15) is 0 Å². The first-order chi connectivity index (χ1) is 13.4. The largest absolute Gasteiger partial charge is 0.497 e. The summed E-state index contributed by atoms with van der Waals surface area (Å²) >= 11 is 0. The van der Waals surface area contributed by atoms with Crippen molar-refractivity contribution in [1.29, 1.82) is 0 Å². The molecule has 0 bridgehead atoms. The van der Waals surface area contributed by atoms with E-state index < -0.39 is 6.04 Å². The molecule has 2 amide bonds. The van der Waals surface area contributed by atoms with E-state index in [-0.39, 0.29) is 17.7 Å². The first-order valence-corrected chi connectivity index (χ1v) is 9.50. The second-order valence-electron chi connectivity index (χ2n) is 6.89. The number of ether oxygens (including phenoxy) is 1. The maximum absolute atomic E-state index is 12.8. The van der Waals surface area contributed by atoms with Gasteiger partial charge in [-0.3, -0.25) is 9.59 Å². The Kier molecular flexibility index (Phi) is 8.02. The van der Waals surface area contributed by atoms with Gasteiger partial charge in [-0.05, 0) is 54.4 Å². The van der Waals surface area contributed by atoms with Crippen LogP contribution in [-0.4, -0.2) is 31.5 Å². The van der Waals surface area contributed by atoms with E-state index in [1.165, 1.54) is 0 Å². The first kappa shape index (κ1) is 21.4. The van der Waals surface area contributed by atoms with Crippen LogP contribution in [0.1, 0.15) is 36.7 Å². The first-order valence-electron chi connectivity index (χ1n) is 9.50. The number of amides is 2. The van der Waals surface area contributed by atoms with Crippen molar-refractivity contribution in [2.24, 2.45) is 5.92 Å². The molecular formula is C22H29N3O3. The highest BCUT2D eigenvalue weighted by Gasteiger charge is 2.25. The van der Waals surface area contributed by atoms with Crippen molar-refractivity contribution in [3.63, 3.8) is 0 Å². The summed E-state index contributed by atoms with van der Waals surface area (Å²) in [6, 6.07) is 13.8. The van der Waals surface area contributed by atoms with E-state index in [9.17, 15) is 9.59 Å². The average molecular weight is 383 g/mol. The molecule has 2 rings (SSSR count). The molecule has 6 nitrogen and oxygen atoms in total. The van der Waals surface area contributed by atoms with Gasteiger partial charge in [-0.15, -0.1) is 0 Å². The number of carbonyl (C=O) groups is 2. The normalized spacial score (nSPS) is 11.8. The van der Waals surface area contributed by atoms with Gasteiger partial charge in [0.1, 0.15) is 11.8 Å². The van der Waals surface area contributed by atoms with Crippen molar-refractivity contribution in [2.75, 3.05) is 19.0 Å². The van der Waals surface area contributed by atoms with Crippen LogP contribution < -0.4 is 20.7 Å². The number of rotatable bonds is 9. The van der Waals surface area contributed by atoms with Gasteiger partial charge in [0.05, 0.1) is 7.11 Å². The molecule has 0 spiro atoms. The standard InChI is InChI=1S/C22H29N3O3/c1-5-23-14-16-7-6-8-18(13-16)24-22(27)20(15(2)3)25-21(26)17-9-11-19(28-4)12-10-17/h6-13,15,20,23H,5,14H2,1-4H3,(H,24,27)(H,25,26). The number of methoxy groups -OCH3 is 1. The van der Waals surface area contributed by atoms with Crippen molar-refractivity contribution in [3.8, 4) is 5.75 Å². The number of hydrogen-bond donors (Lipinski definition) is 3. The summed E-state index contributed by atoms with van der Waals surface area (Å²) in [5.74, 6) is 0.0779. The zero-order chi connectivity index (χ0) is 20.5. The molecule has 3 N–H and O–H groups in total. The van der Waals surface area contributed by atoms with E-state index in [1.807, 2.05) is 45.0 Å². The summed E-state index contributed by atoms with van der Waals surface area (Å²) in [5.41, 5.74) is 2.28. The Morgan fingerprint density at radius 2 is 1.79 bits per heavy atom. The van der Waals surface area contributed by atoms with Gasteiger partial charge in [0.2, 0.25) is 5.91 Å². The highest BCUT2D eigenvalue weighted by molar-refractivity contribution is 6.01. The number of anilines is 1. The molecule has 150 valence electrons. The summed E-state index contributed by atoms with van der Waals surface area (Å²) in [6.45, 7) is 7.47. The second-order valence-corrected chi connectivity index (χ2v) is 6.89. The van der Waals surface area contributed by atoms with Crippen LogP contribution in [0.25, 0.3) is 0 Å². The van der Waals surface area contributed by atoms with Crippen molar-refractivity contribution in [1.82, 2.24) is 10.6 Å². The van der Waals surface area contributed by atoms with Crippen molar-refractivity contribution in [3.05, 3.63) is 59.7 Å². The summed E-state index contributed by atoms with van der Waals surface area (Å²) < 4.78 is 5.11. The number of carbonyl (C=O) groups excluding carboxylic acids is 2. The number of hydrogen-bond acceptors (Lipinski definition) is 4. The Morgan fingerprint density at radius 3 is 2.39 bits per heavy atom. The Balaban J connectivity index is 2.06. The third-order valence-corrected chi connectivity index (χ3v) is 4.36. The Labute approximate surface area is 166 Å². The van der Waals surface area contributed by atoms with Crippen LogP contribution >= 0.6 is 0 Å². The van der Waals surface area contributed by atoms with Crippen molar-refractivity contribution < 1.29 is 14.3 Å². The fourth-order valence-corrected chi connectivity index (χ4v) is 2.75. The van der Waals surface area contributed by atoms with Crippen LogP contribution in [0.15, 0.2) is 48.5 Å². The summed E-state index contributed by atoms with van der Waals surface area (Å²) in [5, 5.41) is 9.01. The van der Waals surface area contributed by atoms with Crippen LogP contribution in [-0.2, 0) is 11.3 Å². The fourth-order valence-electron chi connectivity index (χ4n) is 2.75. The van der Waals surface area contributed by atoms with Crippen LogP contribution in [0.2, 0.25) is 0 Å². The predicted octanol–water partition coefficient (Wildman–Crippen LogP) is 3.20. The molecule has 1 atom stereocenters. The summed E-state index contributed by atoms with van der Waals surface area (Å²) in [4.78, 5) is 25.3. The third kappa shape index (κ3) is 6.09. The minimum absolute atomic E-state index is 0.0628. The molecular weight excluding hydrogens is 354 g/mol. The summed E-state index contributed by atoms with van der Waals surface area (Å²) in [7, 11) is 1.57. The molecule has 1 unspecified atom stereocenters. The Morgan fingerprint density at radius 1 is 1.07 bits per heavy atom. The summed E-state index contributed by atoms with van der Waals surface area (Å²) in [6.07, 6.45) is 0. The average Bonchev–Trinajstić information content (AvgIpc) is 2.70. The maximum Gasteiger partial charge on any atom is 0.251 e. The lowest BCUT2D eigenvalue weighted by molar-refractivity contribution is -0.118. The number of nitrogens with one attached hydrogen (secondary N) is 3. The molecule has 0 aliphatic rings. The topological polar surface area (TPSA) is 79.5 Å². The van der Waals surface area contributed by atoms with Gasteiger partial charge < -0.3 is 20.7 Å². The molecule has 0 aliphatic carbocycles. The van der Waals surface area contributed by atoms with Gasteiger partial charge in [-0.1, -0.05) is 32.9 Å². The van der Waals surface area contributed by atoms with E-state index >= 15 is 0 Å². The molecule has 0 radical (unpaired) electrons. The van der Waals surface area contributed by atoms with Crippen molar-refractivity contribution in [2.45, 2.75) is 33.4 Å². The third-order valence-electron chi connectivity index (χ3n) is 4.36. The van der Waals surface area contributed by atoms with Gasteiger partial charge in [0.15, 0.2) is 0 Å². The van der Waals surface area contributed by atoms with E-state index in [0.29, 0.717) is 17.0 Å². The molecule has 2 aromatic carbocycles. The zero-order valence-electron chi connectivity index (χ0n) is 16.9. The van der Waals surface area contributed by atoms with Crippen molar-refractivity contribution >= 4 is 17.5 Å². The minimum atomic E-state index is -0.646.